The van der Waals surface area contributed by atoms with Crippen molar-refractivity contribution in [2.45, 2.75) is 63.5 Å². The minimum atomic E-state index is -0.0686. The molecule has 0 radical (unpaired) electrons. The Morgan fingerprint density at radius 2 is 2.04 bits per heavy atom. The van der Waals surface area contributed by atoms with E-state index in [0.29, 0.717) is 23.6 Å². The van der Waals surface area contributed by atoms with Crippen LogP contribution in [0.2, 0.25) is 0 Å². The predicted molar refractivity (Wildman–Crippen MR) is 109 cm³/mol. The number of benzene rings is 1. The lowest BCUT2D eigenvalue weighted by atomic mass is 9.89. The number of rotatable bonds is 7. The fourth-order valence-corrected chi connectivity index (χ4v) is 4.09. The van der Waals surface area contributed by atoms with Crippen LogP contribution >= 0.6 is 11.8 Å². The Balaban J connectivity index is 1.64. The number of carbonyl (C=O) groups excluding carboxylic acids is 1. The number of hydrogen-bond acceptors (Lipinski definition) is 6. The molecule has 0 saturated heterocycles. The van der Waals surface area contributed by atoms with Gasteiger partial charge < -0.3 is 9.32 Å². The van der Waals surface area contributed by atoms with E-state index >= 15 is 0 Å². The third-order valence-electron chi connectivity index (χ3n) is 5.25. The summed E-state index contributed by atoms with van der Waals surface area (Å²) in [6.07, 6.45) is 6.17. The maximum absolute atomic E-state index is 12.8. The SMILES string of the molecule is Cc1ccc(N(CCC#N)C(=O)CSc2nnc(C3CCCCC3)o2)cc1C. The summed E-state index contributed by atoms with van der Waals surface area (Å²) in [5, 5.41) is 17.7. The van der Waals surface area contributed by atoms with Crippen LogP contribution in [-0.2, 0) is 4.79 Å². The number of amides is 1. The first-order chi connectivity index (χ1) is 13.6. The fraction of sp³-hybridized carbons (Fsp3) is 0.524. The second kappa shape index (κ2) is 9.74. The molecule has 1 aromatic carbocycles. The summed E-state index contributed by atoms with van der Waals surface area (Å²) >= 11 is 1.26. The average molecular weight is 399 g/mol. The molecule has 0 unspecified atom stereocenters. The van der Waals surface area contributed by atoms with Crippen molar-refractivity contribution in [3.63, 3.8) is 0 Å². The van der Waals surface area contributed by atoms with Gasteiger partial charge in [-0.3, -0.25) is 4.79 Å². The maximum Gasteiger partial charge on any atom is 0.277 e. The highest BCUT2D eigenvalue weighted by Crippen LogP contribution is 2.33. The Kier molecular flexibility index (Phi) is 7.10. The first-order valence-corrected chi connectivity index (χ1v) is 10.8. The van der Waals surface area contributed by atoms with Crippen molar-refractivity contribution < 1.29 is 9.21 Å². The summed E-state index contributed by atoms with van der Waals surface area (Å²) in [5.41, 5.74) is 3.11. The Morgan fingerprint density at radius 3 is 2.75 bits per heavy atom. The minimum absolute atomic E-state index is 0.0686. The monoisotopic (exact) mass is 398 g/mol. The van der Waals surface area contributed by atoms with Crippen LogP contribution in [0.1, 0.15) is 61.5 Å². The van der Waals surface area contributed by atoms with Crippen LogP contribution in [0, 0.1) is 25.2 Å². The molecule has 1 amide bonds. The number of nitriles is 1. The van der Waals surface area contributed by atoms with Gasteiger partial charge in [0.15, 0.2) is 0 Å². The van der Waals surface area contributed by atoms with Crippen molar-refractivity contribution >= 4 is 23.4 Å². The van der Waals surface area contributed by atoms with Crippen molar-refractivity contribution in [2.75, 3.05) is 17.2 Å². The zero-order valence-corrected chi connectivity index (χ0v) is 17.3. The van der Waals surface area contributed by atoms with Gasteiger partial charge in [-0.05, 0) is 49.9 Å². The molecular formula is C21H26N4O2S. The molecule has 1 aromatic heterocycles. The molecule has 1 heterocycles. The first kappa shape index (κ1) is 20.4. The van der Waals surface area contributed by atoms with Crippen LogP contribution in [0.5, 0.6) is 0 Å². The molecule has 6 nitrogen and oxygen atoms in total. The highest BCUT2D eigenvalue weighted by atomic mass is 32.2. The number of aryl methyl sites for hydroxylation is 2. The summed E-state index contributed by atoms with van der Waals surface area (Å²) < 4.78 is 5.79. The van der Waals surface area contributed by atoms with Crippen LogP contribution in [0.4, 0.5) is 5.69 Å². The molecule has 0 N–H and O–H groups in total. The molecule has 7 heteroatoms. The van der Waals surface area contributed by atoms with Gasteiger partial charge in [0.1, 0.15) is 0 Å². The van der Waals surface area contributed by atoms with E-state index in [-0.39, 0.29) is 18.1 Å². The second-order valence-electron chi connectivity index (χ2n) is 7.25. The van der Waals surface area contributed by atoms with E-state index in [4.69, 9.17) is 9.68 Å². The van der Waals surface area contributed by atoms with Crippen LogP contribution in [0.3, 0.4) is 0 Å². The average Bonchev–Trinajstić information content (AvgIpc) is 3.19. The van der Waals surface area contributed by atoms with E-state index in [1.807, 2.05) is 32.0 Å². The van der Waals surface area contributed by atoms with E-state index in [0.717, 1.165) is 24.1 Å². The van der Waals surface area contributed by atoms with E-state index < -0.39 is 0 Å². The van der Waals surface area contributed by atoms with Gasteiger partial charge in [-0.1, -0.05) is 37.1 Å². The number of thioether (sulfide) groups is 1. The third kappa shape index (κ3) is 5.14. The molecule has 3 rings (SSSR count). The normalized spacial score (nSPS) is 14.6. The highest BCUT2D eigenvalue weighted by Gasteiger charge is 2.22. The molecule has 0 bridgehead atoms. The molecule has 148 valence electrons. The molecule has 28 heavy (non-hydrogen) atoms. The Bertz CT molecular complexity index is 852. The lowest BCUT2D eigenvalue weighted by molar-refractivity contribution is -0.116. The van der Waals surface area contributed by atoms with Gasteiger partial charge in [0.05, 0.1) is 18.2 Å². The highest BCUT2D eigenvalue weighted by molar-refractivity contribution is 7.99. The zero-order valence-electron chi connectivity index (χ0n) is 16.5. The van der Waals surface area contributed by atoms with Gasteiger partial charge >= 0.3 is 0 Å². The van der Waals surface area contributed by atoms with Gasteiger partial charge in [0, 0.05) is 18.2 Å². The minimum Gasteiger partial charge on any atom is -0.416 e. The number of carbonyl (C=O) groups is 1. The van der Waals surface area contributed by atoms with Crippen molar-refractivity contribution in [3.8, 4) is 6.07 Å². The topological polar surface area (TPSA) is 83.0 Å². The molecule has 2 aromatic rings. The van der Waals surface area contributed by atoms with Gasteiger partial charge in [-0.15, -0.1) is 10.2 Å². The number of anilines is 1. The Labute approximate surface area is 170 Å². The zero-order chi connectivity index (χ0) is 19.9. The van der Waals surface area contributed by atoms with Crippen LogP contribution < -0.4 is 4.90 Å². The van der Waals surface area contributed by atoms with Crippen molar-refractivity contribution in [3.05, 3.63) is 35.2 Å². The van der Waals surface area contributed by atoms with Gasteiger partial charge in [0.2, 0.25) is 11.8 Å². The van der Waals surface area contributed by atoms with Crippen molar-refractivity contribution in [1.82, 2.24) is 10.2 Å². The van der Waals surface area contributed by atoms with Gasteiger partial charge in [-0.2, -0.15) is 5.26 Å². The number of nitrogens with zero attached hydrogens (tertiary/aromatic N) is 4. The first-order valence-electron chi connectivity index (χ1n) is 9.79. The Hall–Kier alpha value is -2.33. The molecule has 1 aliphatic rings. The standard InChI is InChI=1S/C21H26N4O2S/c1-15-9-10-18(13-16(15)2)25(12-6-11-22)19(26)14-28-21-24-23-20(27-21)17-7-4-3-5-8-17/h9-10,13,17H,3-8,12,14H2,1-2H3. The molecule has 1 aliphatic carbocycles. The van der Waals surface area contributed by atoms with Crippen molar-refractivity contribution in [2.24, 2.45) is 0 Å². The van der Waals surface area contributed by atoms with Crippen LogP contribution in [-0.4, -0.2) is 28.4 Å². The summed E-state index contributed by atoms with van der Waals surface area (Å²) in [4.78, 5) is 14.5. The van der Waals surface area contributed by atoms with E-state index in [9.17, 15) is 4.79 Å². The van der Waals surface area contributed by atoms with E-state index in [1.165, 1.54) is 36.6 Å². The number of aromatic nitrogens is 2. The predicted octanol–water partition coefficient (Wildman–Crippen LogP) is 4.77. The van der Waals surface area contributed by atoms with Crippen molar-refractivity contribution in [1.29, 1.82) is 5.26 Å². The largest absolute Gasteiger partial charge is 0.416 e. The molecule has 1 saturated carbocycles. The quantitative estimate of drug-likeness (QED) is 0.625. The summed E-state index contributed by atoms with van der Waals surface area (Å²) in [6, 6.07) is 8.04. The molecular weight excluding hydrogens is 372 g/mol. The van der Waals surface area contributed by atoms with Crippen LogP contribution in [0.15, 0.2) is 27.8 Å². The Morgan fingerprint density at radius 1 is 1.25 bits per heavy atom. The summed E-state index contributed by atoms with van der Waals surface area (Å²) in [7, 11) is 0. The third-order valence-corrected chi connectivity index (χ3v) is 6.05. The summed E-state index contributed by atoms with van der Waals surface area (Å²) in [6.45, 7) is 4.43. The second-order valence-corrected chi connectivity index (χ2v) is 8.18. The van der Waals surface area contributed by atoms with E-state index in [2.05, 4.69) is 16.3 Å². The number of hydrogen-bond donors (Lipinski definition) is 0. The van der Waals surface area contributed by atoms with Crippen LogP contribution in [0.25, 0.3) is 0 Å². The molecule has 1 fully saturated rings. The van der Waals surface area contributed by atoms with Gasteiger partial charge in [0.25, 0.3) is 5.22 Å². The lowest BCUT2D eigenvalue weighted by Crippen LogP contribution is -2.33. The maximum atomic E-state index is 12.8. The molecule has 0 aliphatic heterocycles. The fourth-order valence-electron chi connectivity index (χ4n) is 3.45. The van der Waals surface area contributed by atoms with E-state index in [1.54, 1.807) is 4.90 Å². The van der Waals surface area contributed by atoms with Gasteiger partial charge in [-0.25, -0.2) is 0 Å². The summed E-state index contributed by atoms with van der Waals surface area (Å²) in [5.74, 6) is 1.19. The lowest BCUT2D eigenvalue weighted by Gasteiger charge is -2.22. The molecule has 0 atom stereocenters. The molecule has 0 spiro atoms. The smallest absolute Gasteiger partial charge is 0.277 e.